The van der Waals surface area contributed by atoms with E-state index < -0.39 is 0 Å². The number of hydrogen-bond donors (Lipinski definition) is 0. The molecule has 0 bridgehead atoms. The van der Waals surface area contributed by atoms with E-state index in [2.05, 4.69) is 38.4 Å². The van der Waals surface area contributed by atoms with Crippen LogP contribution in [0.3, 0.4) is 0 Å². The SMILES string of the molecule is C=CC=N/C(=C\CC)C(C)C.CC. The Hall–Kier alpha value is -0.850. The van der Waals surface area contributed by atoms with E-state index >= 15 is 0 Å². The molecule has 76 valence electrons. The zero-order valence-electron chi connectivity index (χ0n) is 9.67. The summed E-state index contributed by atoms with van der Waals surface area (Å²) >= 11 is 0. The van der Waals surface area contributed by atoms with Gasteiger partial charge in [-0.2, -0.15) is 0 Å². The summed E-state index contributed by atoms with van der Waals surface area (Å²) in [6.07, 6.45) is 6.63. The van der Waals surface area contributed by atoms with Crippen molar-refractivity contribution in [2.24, 2.45) is 10.9 Å². The van der Waals surface area contributed by atoms with E-state index in [1.54, 1.807) is 12.3 Å². The van der Waals surface area contributed by atoms with Crippen LogP contribution >= 0.6 is 0 Å². The van der Waals surface area contributed by atoms with Crippen molar-refractivity contribution in [1.29, 1.82) is 0 Å². The van der Waals surface area contributed by atoms with E-state index in [0.29, 0.717) is 5.92 Å². The average Bonchev–Trinajstić information content (AvgIpc) is 2.15. The van der Waals surface area contributed by atoms with Crippen LogP contribution in [0.2, 0.25) is 0 Å². The second-order valence-electron chi connectivity index (χ2n) is 2.71. The minimum Gasteiger partial charge on any atom is -0.261 e. The molecule has 0 aromatic rings. The number of rotatable bonds is 4. The van der Waals surface area contributed by atoms with Gasteiger partial charge >= 0.3 is 0 Å². The molecule has 0 heterocycles. The zero-order chi connectivity index (χ0) is 10.7. The summed E-state index contributed by atoms with van der Waals surface area (Å²) in [5, 5.41) is 0. The maximum atomic E-state index is 4.25. The number of aliphatic imine (C=N–C) groups is 1. The number of nitrogens with zero attached hydrogens (tertiary/aromatic N) is 1. The van der Waals surface area contributed by atoms with E-state index in [1.165, 1.54) is 0 Å². The Kier molecular flexibility index (Phi) is 12.6. The zero-order valence-corrected chi connectivity index (χ0v) is 9.67. The Labute approximate surface area is 83.3 Å². The van der Waals surface area contributed by atoms with Gasteiger partial charge < -0.3 is 0 Å². The molecule has 0 atom stereocenters. The summed E-state index contributed by atoms with van der Waals surface area (Å²) in [6.45, 7) is 14.0. The molecule has 0 amide bonds. The Morgan fingerprint density at radius 1 is 1.38 bits per heavy atom. The molecule has 0 rings (SSSR count). The molecule has 0 aromatic carbocycles. The molecular weight excluding hydrogens is 158 g/mol. The highest BCUT2D eigenvalue weighted by Gasteiger charge is 1.97. The van der Waals surface area contributed by atoms with Crippen LogP contribution in [-0.4, -0.2) is 6.21 Å². The highest BCUT2D eigenvalue weighted by molar-refractivity contribution is 5.71. The van der Waals surface area contributed by atoms with E-state index in [9.17, 15) is 0 Å². The van der Waals surface area contributed by atoms with Crippen LogP contribution in [0.25, 0.3) is 0 Å². The molecule has 0 aromatic heterocycles. The Morgan fingerprint density at radius 2 is 1.92 bits per heavy atom. The molecule has 0 saturated carbocycles. The quantitative estimate of drug-likeness (QED) is 0.576. The van der Waals surface area contributed by atoms with E-state index in [1.807, 2.05) is 13.8 Å². The van der Waals surface area contributed by atoms with Gasteiger partial charge in [-0.25, -0.2) is 0 Å². The van der Waals surface area contributed by atoms with Crippen molar-refractivity contribution in [3.63, 3.8) is 0 Å². The average molecular weight is 181 g/mol. The van der Waals surface area contributed by atoms with Gasteiger partial charge in [-0.3, -0.25) is 4.99 Å². The maximum Gasteiger partial charge on any atom is 0.0389 e. The maximum absolute atomic E-state index is 4.25. The fraction of sp³-hybridized carbons (Fsp3) is 0.583. The summed E-state index contributed by atoms with van der Waals surface area (Å²) in [5.74, 6) is 0.506. The van der Waals surface area contributed by atoms with Crippen LogP contribution in [-0.2, 0) is 0 Å². The minimum absolute atomic E-state index is 0.506. The first kappa shape index (κ1) is 14.7. The van der Waals surface area contributed by atoms with Crippen molar-refractivity contribution in [3.8, 4) is 0 Å². The number of allylic oxidation sites excluding steroid dienone is 3. The lowest BCUT2D eigenvalue weighted by Gasteiger charge is -2.03. The molecule has 1 heteroatoms. The molecule has 0 radical (unpaired) electrons. The summed E-state index contributed by atoms with van der Waals surface area (Å²) in [4.78, 5) is 4.25. The highest BCUT2D eigenvalue weighted by Crippen LogP contribution is 2.10. The van der Waals surface area contributed by atoms with Gasteiger partial charge in [-0.1, -0.05) is 53.3 Å². The van der Waals surface area contributed by atoms with Crippen LogP contribution < -0.4 is 0 Å². The van der Waals surface area contributed by atoms with Crippen molar-refractivity contribution >= 4 is 6.21 Å². The topological polar surface area (TPSA) is 12.4 Å². The third kappa shape index (κ3) is 9.06. The second kappa shape index (κ2) is 11.2. The molecule has 0 aliphatic rings. The first-order chi connectivity index (χ1) is 6.22. The molecule has 0 aliphatic heterocycles. The first-order valence-electron chi connectivity index (χ1n) is 5.07. The second-order valence-corrected chi connectivity index (χ2v) is 2.71. The molecule has 0 aliphatic carbocycles. The van der Waals surface area contributed by atoms with Crippen molar-refractivity contribution < 1.29 is 0 Å². The minimum atomic E-state index is 0.506. The first-order valence-corrected chi connectivity index (χ1v) is 5.07. The summed E-state index contributed by atoms with van der Waals surface area (Å²) in [7, 11) is 0. The molecule has 0 N–H and O–H groups in total. The summed E-state index contributed by atoms with van der Waals surface area (Å²) in [6, 6.07) is 0. The van der Waals surface area contributed by atoms with Gasteiger partial charge in [0.05, 0.1) is 0 Å². The monoisotopic (exact) mass is 181 g/mol. The lowest BCUT2D eigenvalue weighted by atomic mass is 10.1. The van der Waals surface area contributed by atoms with Crippen LogP contribution in [0, 0.1) is 5.92 Å². The highest BCUT2D eigenvalue weighted by atomic mass is 14.7. The van der Waals surface area contributed by atoms with E-state index in [-0.39, 0.29) is 0 Å². The normalized spacial score (nSPS) is 11.4. The third-order valence-corrected chi connectivity index (χ3v) is 1.33. The standard InChI is InChI=1S/C10H17N.C2H6/c1-5-7-10(9(3)4)11-8-6-2;1-2/h6-9H,2,5H2,1,3-4H3;1-2H3/b10-7-,11-8?;. The van der Waals surface area contributed by atoms with Crippen molar-refractivity contribution in [1.82, 2.24) is 0 Å². The molecular formula is C12H23N. The van der Waals surface area contributed by atoms with Crippen molar-refractivity contribution in [3.05, 3.63) is 24.4 Å². The van der Waals surface area contributed by atoms with Gasteiger partial charge in [-0.05, 0) is 12.3 Å². The summed E-state index contributed by atoms with van der Waals surface area (Å²) < 4.78 is 0. The predicted molar refractivity (Wildman–Crippen MR) is 63.2 cm³/mol. The largest absolute Gasteiger partial charge is 0.261 e. The predicted octanol–water partition coefficient (Wildman–Crippen LogP) is 4.22. The summed E-state index contributed by atoms with van der Waals surface area (Å²) in [5.41, 5.74) is 1.15. The lowest BCUT2D eigenvalue weighted by Crippen LogP contribution is -1.90. The van der Waals surface area contributed by atoms with Crippen LogP contribution in [0.4, 0.5) is 0 Å². The van der Waals surface area contributed by atoms with Crippen molar-refractivity contribution in [2.45, 2.75) is 41.0 Å². The third-order valence-electron chi connectivity index (χ3n) is 1.33. The van der Waals surface area contributed by atoms with Gasteiger partial charge in [-0.15, -0.1) is 0 Å². The number of hydrogen-bond acceptors (Lipinski definition) is 1. The molecule has 0 spiro atoms. The smallest absolute Gasteiger partial charge is 0.0389 e. The molecule has 13 heavy (non-hydrogen) atoms. The van der Waals surface area contributed by atoms with Crippen molar-refractivity contribution in [2.75, 3.05) is 0 Å². The van der Waals surface area contributed by atoms with Crippen LogP contribution in [0.1, 0.15) is 41.0 Å². The van der Waals surface area contributed by atoms with Gasteiger partial charge in [0.2, 0.25) is 0 Å². The van der Waals surface area contributed by atoms with Gasteiger partial charge in [0.15, 0.2) is 0 Å². The van der Waals surface area contributed by atoms with Gasteiger partial charge in [0, 0.05) is 11.9 Å². The Morgan fingerprint density at radius 3 is 2.23 bits per heavy atom. The lowest BCUT2D eigenvalue weighted by molar-refractivity contribution is 0.753. The Bertz CT molecular complexity index is 164. The van der Waals surface area contributed by atoms with Gasteiger partial charge in [0.1, 0.15) is 0 Å². The van der Waals surface area contributed by atoms with Gasteiger partial charge in [0.25, 0.3) is 0 Å². The molecule has 0 unspecified atom stereocenters. The fourth-order valence-electron chi connectivity index (χ4n) is 0.785. The van der Waals surface area contributed by atoms with E-state index in [4.69, 9.17) is 0 Å². The van der Waals surface area contributed by atoms with E-state index in [0.717, 1.165) is 12.1 Å². The molecule has 0 saturated heterocycles. The van der Waals surface area contributed by atoms with Crippen LogP contribution in [0.5, 0.6) is 0 Å². The van der Waals surface area contributed by atoms with Crippen LogP contribution in [0.15, 0.2) is 29.4 Å². The Balaban J connectivity index is 0. The molecule has 0 fully saturated rings. The molecule has 1 nitrogen and oxygen atoms in total. The fourth-order valence-corrected chi connectivity index (χ4v) is 0.785.